The Labute approximate surface area is 260 Å². The predicted molar refractivity (Wildman–Crippen MR) is 166 cm³/mol. The Morgan fingerprint density at radius 2 is 1.51 bits per heavy atom. The number of hydrogen-bond donors (Lipinski definition) is 5. The minimum absolute atomic E-state index is 0.0269. The van der Waals surface area contributed by atoms with Crippen molar-refractivity contribution in [3.05, 3.63) is 87.9 Å². The summed E-state index contributed by atoms with van der Waals surface area (Å²) in [5.74, 6) is -1.51. The van der Waals surface area contributed by atoms with Gasteiger partial charge < -0.3 is 21.1 Å². The molecule has 1 saturated carbocycles. The van der Waals surface area contributed by atoms with Crippen molar-refractivity contribution in [2.45, 2.75) is 49.5 Å². The SMILES string of the molecule is O=C(Nc1ccccc1S(=O)(=O)NCC1CCCCC1)N[C@@H](Cc1ccc(NC(=O)c2c(Cl)cccc2Cl)cc1)C(=O)O. The topological polar surface area (TPSA) is 154 Å². The summed E-state index contributed by atoms with van der Waals surface area (Å²) in [6, 6.07) is 14.9. The number of para-hydroxylation sites is 1. The van der Waals surface area contributed by atoms with Crippen LogP contribution in [0.5, 0.6) is 0 Å². The van der Waals surface area contributed by atoms with Crippen molar-refractivity contribution < 1.29 is 27.9 Å². The third-order valence-corrected chi connectivity index (χ3v) is 9.27. The summed E-state index contributed by atoms with van der Waals surface area (Å²) in [4.78, 5) is 37.3. The van der Waals surface area contributed by atoms with Gasteiger partial charge in [-0.15, -0.1) is 0 Å². The Morgan fingerprint density at radius 3 is 2.16 bits per heavy atom. The highest BCUT2D eigenvalue weighted by atomic mass is 35.5. The van der Waals surface area contributed by atoms with Gasteiger partial charge in [-0.05, 0) is 60.7 Å². The van der Waals surface area contributed by atoms with Crippen LogP contribution in [0, 0.1) is 5.92 Å². The van der Waals surface area contributed by atoms with Gasteiger partial charge in [-0.2, -0.15) is 0 Å². The van der Waals surface area contributed by atoms with Gasteiger partial charge in [0, 0.05) is 18.7 Å². The molecule has 13 heteroatoms. The van der Waals surface area contributed by atoms with E-state index in [1.807, 2.05) is 0 Å². The smallest absolute Gasteiger partial charge is 0.326 e. The first-order valence-electron chi connectivity index (χ1n) is 13.8. The van der Waals surface area contributed by atoms with Crippen LogP contribution in [-0.4, -0.2) is 44.0 Å². The number of carboxylic acids is 1. The largest absolute Gasteiger partial charge is 0.480 e. The number of nitrogens with one attached hydrogen (secondary N) is 4. The van der Waals surface area contributed by atoms with Gasteiger partial charge in [-0.1, -0.05) is 72.8 Å². The number of carbonyl (C=O) groups is 3. The Balaban J connectivity index is 1.37. The molecule has 1 atom stereocenters. The Kier molecular flexibility index (Phi) is 11.0. The van der Waals surface area contributed by atoms with E-state index in [2.05, 4.69) is 20.7 Å². The van der Waals surface area contributed by atoms with Gasteiger partial charge in [0.1, 0.15) is 10.9 Å². The van der Waals surface area contributed by atoms with Crippen LogP contribution in [0.1, 0.15) is 48.0 Å². The van der Waals surface area contributed by atoms with Crippen molar-refractivity contribution >= 4 is 62.5 Å². The van der Waals surface area contributed by atoms with Crippen LogP contribution in [0.25, 0.3) is 0 Å². The summed E-state index contributed by atoms with van der Waals surface area (Å²) >= 11 is 12.2. The van der Waals surface area contributed by atoms with E-state index in [9.17, 15) is 27.9 Å². The van der Waals surface area contributed by atoms with Crippen LogP contribution in [0.15, 0.2) is 71.6 Å². The van der Waals surface area contributed by atoms with Gasteiger partial charge in [-0.3, -0.25) is 4.79 Å². The molecular weight excluding hydrogens is 615 g/mol. The van der Waals surface area contributed by atoms with Gasteiger partial charge in [0.15, 0.2) is 0 Å². The number of urea groups is 1. The summed E-state index contributed by atoms with van der Waals surface area (Å²) in [5, 5.41) is 17.7. The van der Waals surface area contributed by atoms with Crippen LogP contribution >= 0.6 is 23.2 Å². The lowest BCUT2D eigenvalue weighted by Gasteiger charge is -2.22. The quantitative estimate of drug-likeness (QED) is 0.174. The third kappa shape index (κ3) is 8.93. The van der Waals surface area contributed by atoms with Crippen molar-refractivity contribution in [1.82, 2.24) is 10.0 Å². The fourth-order valence-corrected chi connectivity index (χ4v) is 6.73. The number of amides is 3. The average molecular weight is 648 g/mol. The van der Waals surface area contributed by atoms with E-state index in [0.717, 1.165) is 32.1 Å². The number of aliphatic carboxylic acids is 1. The van der Waals surface area contributed by atoms with Crippen LogP contribution in [0.4, 0.5) is 16.2 Å². The van der Waals surface area contributed by atoms with Crippen molar-refractivity contribution in [2.75, 3.05) is 17.2 Å². The third-order valence-electron chi connectivity index (χ3n) is 7.16. The number of benzene rings is 3. The zero-order valence-corrected chi connectivity index (χ0v) is 25.4. The van der Waals surface area contributed by atoms with E-state index in [-0.39, 0.29) is 38.5 Å². The maximum atomic E-state index is 13.0. The van der Waals surface area contributed by atoms with E-state index in [0.29, 0.717) is 17.8 Å². The van der Waals surface area contributed by atoms with Gasteiger partial charge in [-0.25, -0.2) is 22.7 Å². The molecule has 5 N–H and O–H groups in total. The summed E-state index contributed by atoms with van der Waals surface area (Å²) in [6.07, 6.45) is 5.18. The number of sulfonamides is 1. The van der Waals surface area contributed by atoms with Crippen molar-refractivity contribution in [2.24, 2.45) is 5.92 Å². The predicted octanol–water partition coefficient (Wildman–Crippen LogP) is 5.92. The maximum Gasteiger partial charge on any atom is 0.326 e. The first-order chi connectivity index (χ1) is 20.5. The van der Waals surface area contributed by atoms with Gasteiger partial charge >= 0.3 is 12.0 Å². The molecule has 3 aromatic carbocycles. The molecule has 0 radical (unpaired) electrons. The maximum absolute atomic E-state index is 13.0. The van der Waals surface area contributed by atoms with E-state index in [4.69, 9.17) is 23.2 Å². The number of anilines is 2. The van der Waals surface area contributed by atoms with Crippen LogP contribution < -0.4 is 20.7 Å². The molecule has 1 aliphatic carbocycles. The monoisotopic (exact) mass is 646 g/mol. The lowest BCUT2D eigenvalue weighted by Crippen LogP contribution is -2.44. The summed E-state index contributed by atoms with van der Waals surface area (Å²) in [6.45, 7) is 0.320. The molecule has 228 valence electrons. The molecule has 3 aromatic rings. The minimum atomic E-state index is -3.92. The second kappa shape index (κ2) is 14.7. The van der Waals surface area contributed by atoms with Crippen molar-refractivity contribution in [1.29, 1.82) is 0 Å². The lowest BCUT2D eigenvalue weighted by molar-refractivity contribution is -0.139. The Hall–Kier alpha value is -3.64. The van der Waals surface area contributed by atoms with Crippen molar-refractivity contribution in [3.8, 4) is 0 Å². The van der Waals surface area contributed by atoms with E-state index >= 15 is 0 Å². The number of carbonyl (C=O) groups excluding carboxylic acids is 2. The molecule has 0 spiro atoms. The molecule has 0 aliphatic heterocycles. The Morgan fingerprint density at radius 1 is 0.860 bits per heavy atom. The van der Waals surface area contributed by atoms with E-state index in [1.165, 1.54) is 12.1 Å². The van der Waals surface area contributed by atoms with Crippen LogP contribution in [0.2, 0.25) is 10.0 Å². The van der Waals surface area contributed by atoms with Gasteiger partial charge in [0.25, 0.3) is 5.91 Å². The number of halogens is 2. The molecule has 0 saturated heterocycles. The summed E-state index contributed by atoms with van der Waals surface area (Å²) in [5.41, 5.74) is 1.15. The first kappa shape index (κ1) is 32.3. The number of carboxylic acid groups (broad SMARTS) is 1. The second-order valence-corrected chi connectivity index (χ2v) is 12.8. The highest BCUT2D eigenvalue weighted by molar-refractivity contribution is 7.89. The number of rotatable bonds is 11. The number of hydrogen-bond acceptors (Lipinski definition) is 5. The molecule has 43 heavy (non-hydrogen) atoms. The lowest BCUT2D eigenvalue weighted by atomic mass is 9.90. The summed E-state index contributed by atoms with van der Waals surface area (Å²) < 4.78 is 28.7. The summed E-state index contributed by atoms with van der Waals surface area (Å²) in [7, 11) is -3.92. The zero-order valence-electron chi connectivity index (χ0n) is 23.1. The highest BCUT2D eigenvalue weighted by Gasteiger charge is 2.24. The van der Waals surface area contributed by atoms with Crippen molar-refractivity contribution in [3.63, 3.8) is 0 Å². The molecule has 1 aliphatic rings. The molecule has 0 aromatic heterocycles. The molecule has 10 nitrogen and oxygen atoms in total. The van der Waals surface area contributed by atoms with Gasteiger partial charge in [0.05, 0.1) is 21.3 Å². The van der Waals surface area contributed by atoms with E-state index < -0.39 is 34.0 Å². The second-order valence-electron chi connectivity index (χ2n) is 10.3. The fourth-order valence-electron chi connectivity index (χ4n) is 4.89. The normalized spacial score (nSPS) is 14.5. The zero-order chi connectivity index (χ0) is 31.0. The standard InChI is InChI=1S/C30H32Cl2N4O6S/c31-22-9-6-10-23(32)27(22)28(37)34-21-15-13-19(14-16-21)17-25(29(38)39)36-30(40)35-24-11-4-5-12-26(24)43(41,42)33-18-20-7-2-1-3-8-20/h4-6,9-16,20,25,33H,1-3,7-8,17-18H2,(H,34,37)(H,38,39)(H2,35,36,40)/t25-/m0/s1. The van der Waals surface area contributed by atoms with Crippen LogP contribution in [0.3, 0.4) is 0 Å². The van der Waals surface area contributed by atoms with Gasteiger partial charge in [0.2, 0.25) is 10.0 Å². The van der Waals surface area contributed by atoms with Crippen LogP contribution in [-0.2, 0) is 21.2 Å². The first-order valence-corrected chi connectivity index (χ1v) is 16.0. The molecule has 0 heterocycles. The molecule has 0 unspecified atom stereocenters. The highest BCUT2D eigenvalue weighted by Crippen LogP contribution is 2.26. The van der Waals surface area contributed by atoms with E-state index in [1.54, 1.807) is 54.6 Å². The average Bonchev–Trinajstić information content (AvgIpc) is 2.97. The molecule has 1 fully saturated rings. The molecule has 4 rings (SSSR count). The molecular formula is C30H32Cl2N4O6S. The fraction of sp³-hybridized carbons (Fsp3) is 0.300. The minimum Gasteiger partial charge on any atom is -0.480 e. The Bertz CT molecular complexity index is 1560. The molecule has 0 bridgehead atoms. The molecule has 3 amide bonds.